The highest BCUT2D eigenvalue weighted by atomic mass is 16.5. The van der Waals surface area contributed by atoms with Gasteiger partial charge in [0.05, 0.1) is 17.6 Å². The van der Waals surface area contributed by atoms with Crippen molar-refractivity contribution in [3.05, 3.63) is 99.7 Å². The van der Waals surface area contributed by atoms with Gasteiger partial charge in [-0.05, 0) is 56.3 Å². The van der Waals surface area contributed by atoms with E-state index in [1.165, 1.54) is 6.07 Å². The largest absolute Gasteiger partial charge is 0.462 e. The van der Waals surface area contributed by atoms with Crippen molar-refractivity contribution in [3.63, 3.8) is 0 Å². The van der Waals surface area contributed by atoms with E-state index in [9.17, 15) is 14.4 Å². The summed E-state index contributed by atoms with van der Waals surface area (Å²) in [5.41, 5.74) is 3.34. The summed E-state index contributed by atoms with van der Waals surface area (Å²) in [4.78, 5) is 37.0. The fourth-order valence-corrected chi connectivity index (χ4v) is 3.34. The van der Waals surface area contributed by atoms with Crippen molar-refractivity contribution in [3.8, 4) is 11.3 Å². The summed E-state index contributed by atoms with van der Waals surface area (Å²) in [6.07, 6.45) is 0. The van der Waals surface area contributed by atoms with Crippen molar-refractivity contribution in [2.45, 2.75) is 13.8 Å². The molecule has 1 aromatic heterocycles. The van der Waals surface area contributed by atoms with Gasteiger partial charge in [-0.1, -0.05) is 29.8 Å². The Morgan fingerprint density at radius 2 is 1.72 bits per heavy atom. The van der Waals surface area contributed by atoms with Crippen molar-refractivity contribution in [1.29, 1.82) is 0 Å². The predicted octanol–water partition coefficient (Wildman–Crippen LogP) is 5.20. The molecule has 0 saturated heterocycles. The van der Waals surface area contributed by atoms with Gasteiger partial charge in [0.25, 0.3) is 5.91 Å². The molecule has 160 valence electrons. The van der Waals surface area contributed by atoms with E-state index < -0.39 is 5.97 Å². The van der Waals surface area contributed by atoms with Crippen molar-refractivity contribution >= 4 is 28.5 Å². The molecule has 0 unspecified atom stereocenters. The van der Waals surface area contributed by atoms with Crippen molar-refractivity contribution in [2.24, 2.45) is 0 Å². The lowest BCUT2D eigenvalue weighted by Gasteiger charge is -2.08. The average molecular weight is 427 g/mol. The minimum Gasteiger partial charge on any atom is -0.462 e. The van der Waals surface area contributed by atoms with E-state index in [0.717, 1.165) is 5.56 Å². The number of nitrogens with one attached hydrogen (secondary N) is 1. The van der Waals surface area contributed by atoms with Crippen LogP contribution in [-0.2, 0) is 4.74 Å². The third-order valence-electron chi connectivity index (χ3n) is 4.95. The van der Waals surface area contributed by atoms with Gasteiger partial charge in [-0.2, -0.15) is 0 Å². The van der Waals surface area contributed by atoms with E-state index in [4.69, 9.17) is 9.15 Å². The number of anilines is 1. The number of carbonyl (C=O) groups excluding carboxylic acids is 2. The molecule has 0 fully saturated rings. The quantitative estimate of drug-likeness (QED) is 0.443. The van der Waals surface area contributed by atoms with Crippen LogP contribution in [0.25, 0.3) is 22.3 Å². The Bertz CT molecular complexity index is 1370. The summed E-state index contributed by atoms with van der Waals surface area (Å²) in [5, 5.41) is 3.31. The summed E-state index contributed by atoms with van der Waals surface area (Å²) in [6.45, 7) is 3.93. The molecule has 4 rings (SSSR count). The summed E-state index contributed by atoms with van der Waals surface area (Å²) >= 11 is 0. The molecule has 0 spiro atoms. The van der Waals surface area contributed by atoms with E-state index in [2.05, 4.69) is 5.32 Å². The Morgan fingerprint density at radius 3 is 2.47 bits per heavy atom. The predicted molar refractivity (Wildman–Crippen MR) is 123 cm³/mol. The van der Waals surface area contributed by atoms with Crippen LogP contribution in [0.15, 0.2) is 82.0 Å². The topological polar surface area (TPSA) is 85.6 Å². The van der Waals surface area contributed by atoms with Crippen LogP contribution in [0.2, 0.25) is 0 Å². The van der Waals surface area contributed by atoms with Gasteiger partial charge in [-0.15, -0.1) is 0 Å². The van der Waals surface area contributed by atoms with Crippen LogP contribution < -0.4 is 10.7 Å². The van der Waals surface area contributed by atoms with Gasteiger partial charge < -0.3 is 14.5 Å². The van der Waals surface area contributed by atoms with Crippen LogP contribution in [0.4, 0.5) is 5.69 Å². The van der Waals surface area contributed by atoms with Crippen LogP contribution in [0.5, 0.6) is 0 Å². The molecule has 1 heterocycles. The summed E-state index contributed by atoms with van der Waals surface area (Å²) in [7, 11) is 0. The number of esters is 1. The maximum atomic E-state index is 12.6. The smallest absolute Gasteiger partial charge is 0.338 e. The number of amides is 1. The lowest BCUT2D eigenvalue weighted by atomic mass is 10.1. The van der Waals surface area contributed by atoms with Gasteiger partial charge in [0, 0.05) is 22.9 Å². The van der Waals surface area contributed by atoms with Crippen LogP contribution in [0.3, 0.4) is 0 Å². The Kier molecular flexibility index (Phi) is 5.85. The van der Waals surface area contributed by atoms with Crippen molar-refractivity contribution in [2.75, 3.05) is 11.9 Å². The summed E-state index contributed by atoms with van der Waals surface area (Å²) in [6, 6.07) is 20.2. The van der Waals surface area contributed by atoms with Gasteiger partial charge in [0.15, 0.2) is 5.43 Å². The number of aryl methyl sites for hydroxylation is 1. The molecule has 0 aliphatic heterocycles. The Labute approximate surface area is 184 Å². The first-order valence-electron chi connectivity index (χ1n) is 10.2. The molecule has 0 aliphatic rings. The normalized spacial score (nSPS) is 10.7. The van der Waals surface area contributed by atoms with E-state index in [1.54, 1.807) is 67.6 Å². The van der Waals surface area contributed by atoms with Gasteiger partial charge in [0.2, 0.25) is 0 Å². The molecule has 0 radical (unpaired) electrons. The first-order chi connectivity index (χ1) is 15.4. The lowest BCUT2D eigenvalue weighted by Crippen LogP contribution is -2.12. The zero-order chi connectivity index (χ0) is 22.7. The zero-order valence-corrected chi connectivity index (χ0v) is 17.7. The summed E-state index contributed by atoms with van der Waals surface area (Å²) < 4.78 is 10.9. The highest BCUT2D eigenvalue weighted by Crippen LogP contribution is 2.23. The number of hydrogen-bond donors (Lipinski definition) is 1. The molecule has 0 bridgehead atoms. The van der Waals surface area contributed by atoms with Gasteiger partial charge in [-0.25, -0.2) is 4.79 Å². The van der Waals surface area contributed by atoms with E-state index >= 15 is 0 Å². The average Bonchev–Trinajstić information content (AvgIpc) is 2.80. The molecule has 0 aliphatic carbocycles. The second kappa shape index (κ2) is 8.89. The molecular formula is C26H21NO5. The first-order valence-corrected chi connectivity index (χ1v) is 10.2. The highest BCUT2D eigenvalue weighted by Gasteiger charge is 2.12. The third-order valence-corrected chi connectivity index (χ3v) is 4.95. The molecule has 0 saturated carbocycles. The van der Waals surface area contributed by atoms with E-state index in [0.29, 0.717) is 39.1 Å². The molecule has 0 atom stereocenters. The number of fused-ring (bicyclic) bond motifs is 1. The highest BCUT2D eigenvalue weighted by molar-refractivity contribution is 6.05. The molecule has 1 amide bonds. The van der Waals surface area contributed by atoms with Crippen molar-refractivity contribution < 1.29 is 18.7 Å². The maximum Gasteiger partial charge on any atom is 0.338 e. The maximum absolute atomic E-state index is 12.6. The molecule has 6 nitrogen and oxygen atoms in total. The lowest BCUT2D eigenvalue weighted by molar-refractivity contribution is 0.0526. The minimum atomic E-state index is -0.444. The molecule has 6 heteroatoms. The van der Waals surface area contributed by atoms with Gasteiger partial charge in [0.1, 0.15) is 11.3 Å². The van der Waals surface area contributed by atoms with Crippen LogP contribution in [-0.4, -0.2) is 18.5 Å². The Morgan fingerprint density at radius 1 is 0.938 bits per heavy atom. The number of hydrogen-bond acceptors (Lipinski definition) is 5. The zero-order valence-electron chi connectivity index (χ0n) is 17.7. The van der Waals surface area contributed by atoms with Gasteiger partial charge in [-0.3, -0.25) is 9.59 Å². The molecule has 1 N–H and O–H groups in total. The molecule has 3 aromatic carbocycles. The Balaban J connectivity index is 1.54. The van der Waals surface area contributed by atoms with E-state index in [1.807, 2.05) is 13.0 Å². The van der Waals surface area contributed by atoms with Crippen LogP contribution in [0, 0.1) is 6.92 Å². The SMILES string of the molecule is CCOC(=O)c1cccc(NC(=O)c2ccc(-c3cc(=O)c4cc(C)ccc4o3)cc2)c1. The minimum absolute atomic E-state index is 0.117. The third kappa shape index (κ3) is 4.44. The first kappa shape index (κ1) is 21.1. The van der Waals surface area contributed by atoms with Crippen molar-refractivity contribution in [1.82, 2.24) is 0 Å². The van der Waals surface area contributed by atoms with Crippen LogP contribution in [0.1, 0.15) is 33.2 Å². The number of ether oxygens (including phenoxy) is 1. The Hall–Kier alpha value is -4.19. The fraction of sp³-hybridized carbons (Fsp3) is 0.115. The van der Waals surface area contributed by atoms with E-state index in [-0.39, 0.29) is 17.9 Å². The number of carbonyl (C=O) groups is 2. The molecule has 32 heavy (non-hydrogen) atoms. The molecule has 4 aromatic rings. The van der Waals surface area contributed by atoms with Gasteiger partial charge >= 0.3 is 5.97 Å². The second-order valence-electron chi connectivity index (χ2n) is 7.31. The van der Waals surface area contributed by atoms with Crippen LogP contribution >= 0.6 is 0 Å². The fourth-order valence-electron chi connectivity index (χ4n) is 3.34. The number of rotatable bonds is 5. The second-order valence-corrected chi connectivity index (χ2v) is 7.31. The summed E-state index contributed by atoms with van der Waals surface area (Å²) in [5.74, 6) is -0.339. The monoisotopic (exact) mass is 427 g/mol. The number of benzene rings is 3. The standard InChI is InChI=1S/C26H21NO5/c1-3-31-26(30)19-5-4-6-20(14-19)27-25(29)18-10-8-17(9-11-18)24-15-22(28)21-13-16(2)7-12-23(21)32-24/h4-15H,3H2,1-2H3,(H,27,29). The molecular weight excluding hydrogens is 406 g/mol.